The van der Waals surface area contributed by atoms with Crippen molar-refractivity contribution in [2.24, 2.45) is 5.92 Å². The predicted octanol–water partition coefficient (Wildman–Crippen LogP) is 3.13. The fourth-order valence-electron chi connectivity index (χ4n) is 4.32. The van der Waals surface area contributed by atoms with Crippen molar-refractivity contribution in [2.45, 2.75) is 56.7 Å². The van der Waals surface area contributed by atoms with Crippen molar-refractivity contribution < 1.29 is 9.66 Å². The average Bonchev–Trinajstić information content (AvgIpc) is 2.52. The van der Waals surface area contributed by atoms with Gasteiger partial charge in [0.2, 0.25) is 0 Å². The van der Waals surface area contributed by atoms with Gasteiger partial charge in [-0.2, -0.15) is 0 Å². The minimum absolute atomic E-state index is 0.208. The number of non-ortho nitro benzene ring substituents is 1. The Morgan fingerprint density at radius 3 is 3.00 bits per heavy atom. The Bertz CT molecular complexity index is 589. The third kappa shape index (κ3) is 2.42. The first-order valence-electron chi connectivity index (χ1n) is 8.37. The molecule has 1 saturated heterocycles. The number of rotatable bonds is 3. The quantitative estimate of drug-likeness (QED) is 0.688. The summed E-state index contributed by atoms with van der Waals surface area (Å²) in [7, 11) is 0. The number of nitrogens with zero attached hydrogens (tertiary/aromatic N) is 1. The van der Waals surface area contributed by atoms with Gasteiger partial charge in [0.1, 0.15) is 0 Å². The molecule has 118 valence electrons. The van der Waals surface area contributed by atoms with Crippen molar-refractivity contribution in [3.8, 4) is 0 Å². The van der Waals surface area contributed by atoms with Gasteiger partial charge in [0, 0.05) is 36.7 Å². The van der Waals surface area contributed by atoms with Gasteiger partial charge < -0.3 is 10.1 Å². The van der Waals surface area contributed by atoms with Gasteiger partial charge in [-0.25, -0.2) is 0 Å². The van der Waals surface area contributed by atoms with E-state index in [1.54, 1.807) is 12.1 Å². The normalized spacial score (nSPS) is 33.5. The van der Waals surface area contributed by atoms with Gasteiger partial charge >= 0.3 is 0 Å². The van der Waals surface area contributed by atoms with E-state index < -0.39 is 0 Å². The third-order valence-electron chi connectivity index (χ3n) is 5.56. The fraction of sp³-hybridized carbons (Fsp3) is 0.647. The van der Waals surface area contributed by atoms with Crippen molar-refractivity contribution in [3.63, 3.8) is 0 Å². The highest BCUT2D eigenvalue weighted by Gasteiger charge is 2.44. The molecule has 0 radical (unpaired) electrons. The van der Waals surface area contributed by atoms with Gasteiger partial charge in [0.05, 0.1) is 11.0 Å². The van der Waals surface area contributed by atoms with Crippen molar-refractivity contribution in [1.29, 1.82) is 0 Å². The molecule has 0 spiro atoms. The van der Waals surface area contributed by atoms with Crippen molar-refractivity contribution >= 4 is 5.69 Å². The molecule has 4 atom stereocenters. The summed E-state index contributed by atoms with van der Waals surface area (Å²) >= 11 is 0. The summed E-state index contributed by atoms with van der Waals surface area (Å²) < 4.78 is 5.79. The molecular formula is C17H22N2O3. The summed E-state index contributed by atoms with van der Waals surface area (Å²) in [5.74, 6) is 0.637. The zero-order valence-electron chi connectivity index (χ0n) is 12.7. The Labute approximate surface area is 130 Å². The largest absolute Gasteiger partial charge is 0.378 e. The molecule has 0 bridgehead atoms. The van der Waals surface area contributed by atoms with E-state index >= 15 is 0 Å². The molecule has 2 fully saturated rings. The lowest BCUT2D eigenvalue weighted by atomic mass is 9.71. The van der Waals surface area contributed by atoms with E-state index in [1.807, 2.05) is 6.07 Å². The van der Waals surface area contributed by atoms with Crippen LogP contribution in [0.3, 0.4) is 0 Å². The van der Waals surface area contributed by atoms with E-state index in [9.17, 15) is 10.1 Å². The molecule has 1 heterocycles. The Morgan fingerprint density at radius 2 is 2.18 bits per heavy atom. The molecule has 5 heteroatoms. The van der Waals surface area contributed by atoms with Crippen LogP contribution < -0.4 is 5.32 Å². The molecule has 5 nitrogen and oxygen atoms in total. The van der Waals surface area contributed by atoms with E-state index in [4.69, 9.17) is 4.74 Å². The average molecular weight is 302 g/mol. The lowest BCUT2D eigenvalue weighted by Crippen LogP contribution is -2.57. The minimum Gasteiger partial charge on any atom is -0.378 e. The van der Waals surface area contributed by atoms with Crippen LogP contribution in [0.2, 0.25) is 0 Å². The fourth-order valence-corrected chi connectivity index (χ4v) is 4.32. The zero-order valence-corrected chi connectivity index (χ0v) is 12.7. The maximum atomic E-state index is 11.0. The van der Waals surface area contributed by atoms with E-state index in [-0.39, 0.29) is 16.7 Å². The number of aryl methyl sites for hydroxylation is 1. The summed E-state index contributed by atoms with van der Waals surface area (Å²) in [6, 6.07) is 6.13. The Hall–Kier alpha value is -1.46. The van der Waals surface area contributed by atoms with Gasteiger partial charge in [-0.1, -0.05) is 6.07 Å². The maximum absolute atomic E-state index is 11.0. The number of fused-ring (bicyclic) bond motifs is 2. The topological polar surface area (TPSA) is 64.4 Å². The van der Waals surface area contributed by atoms with Crippen LogP contribution >= 0.6 is 0 Å². The number of ether oxygens (including phenoxy) is 1. The molecular weight excluding hydrogens is 280 g/mol. The predicted molar refractivity (Wildman–Crippen MR) is 82.8 cm³/mol. The first kappa shape index (κ1) is 14.2. The number of nitrogens with one attached hydrogen (secondary N) is 1. The minimum atomic E-state index is -0.291. The van der Waals surface area contributed by atoms with Crippen LogP contribution in [0.25, 0.3) is 0 Å². The molecule has 4 rings (SSSR count). The van der Waals surface area contributed by atoms with Gasteiger partial charge in [0.15, 0.2) is 0 Å². The molecule has 22 heavy (non-hydrogen) atoms. The molecule has 1 aromatic rings. The molecule has 3 aliphatic rings. The molecule has 0 amide bonds. The molecule has 1 saturated carbocycles. The summed E-state index contributed by atoms with van der Waals surface area (Å²) in [5.41, 5.74) is 2.62. The van der Waals surface area contributed by atoms with E-state index in [0.717, 1.165) is 44.3 Å². The van der Waals surface area contributed by atoms with Crippen LogP contribution in [0, 0.1) is 16.0 Å². The maximum Gasteiger partial charge on any atom is 0.269 e. The molecule has 2 aliphatic carbocycles. The van der Waals surface area contributed by atoms with Gasteiger partial charge in [-0.3, -0.25) is 10.1 Å². The second-order valence-electron chi connectivity index (χ2n) is 6.81. The first-order valence-corrected chi connectivity index (χ1v) is 8.37. The van der Waals surface area contributed by atoms with Crippen molar-refractivity contribution in [3.05, 3.63) is 39.4 Å². The van der Waals surface area contributed by atoms with Gasteiger partial charge in [-0.05, 0) is 49.7 Å². The Balaban J connectivity index is 1.52. The Morgan fingerprint density at radius 1 is 1.27 bits per heavy atom. The number of nitro groups is 1. The second kappa shape index (κ2) is 5.63. The molecule has 1 N–H and O–H groups in total. The number of hydrogen-bond donors (Lipinski definition) is 1. The van der Waals surface area contributed by atoms with Crippen LogP contribution in [-0.2, 0) is 11.2 Å². The van der Waals surface area contributed by atoms with Crippen molar-refractivity contribution in [2.75, 3.05) is 6.61 Å². The van der Waals surface area contributed by atoms with Crippen molar-refractivity contribution in [1.82, 2.24) is 5.32 Å². The number of hydrogen-bond acceptors (Lipinski definition) is 4. The lowest BCUT2D eigenvalue weighted by Gasteiger charge is -2.49. The lowest BCUT2D eigenvalue weighted by molar-refractivity contribution is -0.385. The third-order valence-corrected chi connectivity index (χ3v) is 5.56. The Kier molecular flexibility index (Phi) is 3.62. The second-order valence-corrected chi connectivity index (χ2v) is 6.81. The molecule has 1 aromatic carbocycles. The van der Waals surface area contributed by atoms with E-state index in [2.05, 4.69) is 5.32 Å². The van der Waals surface area contributed by atoms with Gasteiger partial charge in [-0.15, -0.1) is 0 Å². The van der Waals surface area contributed by atoms with Crippen LogP contribution in [-0.4, -0.2) is 23.7 Å². The molecule has 0 aromatic heterocycles. The summed E-state index contributed by atoms with van der Waals surface area (Å²) in [5, 5.41) is 14.8. The summed E-state index contributed by atoms with van der Waals surface area (Å²) in [4.78, 5) is 10.7. The monoisotopic (exact) mass is 302 g/mol. The van der Waals surface area contributed by atoms with Gasteiger partial charge in [0.25, 0.3) is 5.69 Å². The zero-order chi connectivity index (χ0) is 15.1. The first-order chi connectivity index (χ1) is 10.7. The highest BCUT2D eigenvalue weighted by atomic mass is 16.6. The van der Waals surface area contributed by atoms with Crippen LogP contribution in [0.4, 0.5) is 5.69 Å². The summed E-state index contributed by atoms with van der Waals surface area (Å²) in [6.45, 7) is 0.909. The SMILES string of the molecule is O=[N+]([O-])c1ccc2c(c1)[C@H](N[C@@H]1C[C@@H]3OCCC[C@@H]31)CCC2. The summed E-state index contributed by atoms with van der Waals surface area (Å²) in [6.07, 6.45) is 7.20. The van der Waals surface area contributed by atoms with Crippen LogP contribution in [0.15, 0.2) is 18.2 Å². The molecule has 0 unspecified atom stereocenters. The van der Waals surface area contributed by atoms with E-state index in [0.29, 0.717) is 18.1 Å². The van der Waals surface area contributed by atoms with E-state index in [1.165, 1.54) is 12.0 Å². The number of benzene rings is 1. The highest BCUT2D eigenvalue weighted by molar-refractivity contribution is 5.42. The standard InChI is InChI=1S/C17H22N2O3/c20-19(21)12-7-6-11-3-1-5-15(14(11)9-12)18-16-10-17-13(16)4-2-8-22-17/h6-7,9,13,15-18H,1-5,8,10H2/t13-,15-,16-,17+/m1/s1. The van der Waals surface area contributed by atoms with Crippen LogP contribution in [0.5, 0.6) is 0 Å². The molecule has 1 aliphatic heterocycles. The smallest absolute Gasteiger partial charge is 0.269 e. The number of nitro benzene ring substituents is 1. The van der Waals surface area contributed by atoms with Crippen LogP contribution in [0.1, 0.15) is 49.3 Å². The highest BCUT2D eigenvalue weighted by Crippen LogP contribution is 2.41.